The molecule has 1 aromatic heterocycles. The van der Waals surface area contributed by atoms with Crippen molar-refractivity contribution in [1.82, 2.24) is 10.0 Å². The molecular weight excluding hydrogens is 304 g/mol. The predicted molar refractivity (Wildman–Crippen MR) is 90.4 cm³/mol. The van der Waals surface area contributed by atoms with Crippen molar-refractivity contribution in [1.29, 1.82) is 0 Å². The van der Waals surface area contributed by atoms with Gasteiger partial charge in [-0.15, -0.1) is 11.3 Å². The van der Waals surface area contributed by atoms with E-state index in [-0.39, 0.29) is 5.41 Å². The van der Waals surface area contributed by atoms with E-state index in [0.29, 0.717) is 10.8 Å². The molecule has 0 fully saturated rings. The minimum Gasteiger partial charge on any atom is -0.316 e. The van der Waals surface area contributed by atoms with Gasteiger partial charge in [0.05, 0.1) is 0 Å². The Hall–Kier alpha value is -0.430. The zero-order chi connectivity index (χ0) is 15.9. The first kappa shape index (κ1) is 18.6. The van der Waals surface area contributed by atoms with Crippen molar-refractivity contribution in [3.63, 3.8) is 0 Å². The van der Waals surface area contributed by atoms with E-state index in [2.05, 4.69) is 37.7 Å². The standard InChI is InChI=1S/C15H28N2O2S2/c1-5-10-16-11-8-13-6-7-14(20-13)21(18,19)17-12-9-15(2,3)4/h6-7,16-17H,5,8-12H2,1-4H3. The fourth-order valence-corrected chi connectivity index (χ4v) is 4.21. The van der Waals surface area contributed by atoms with Gasteiger partial charge < -0.3 is 5.32 Å². The topological polar surface area (TPSA) is 58.2 Å². The quantitative estimate of drug-likeness (QED) is 0.684. The molecule has 0 saturated carbocycles. The van der Waals surface area contributed by atoms with E-state index in [1.54, 1.807) is 6.07 Å². The van der Waals surface area contributed by atoms with E-state index >= 15 is 0 Å². The Bertz CT molecular complexity index is 516. The van der Waals surface area contributed by atoms with Crippen LogP contribution < -0.4 is 10.0 Å². The van der Waals surface area contributed by atoms with Crippen molar-refractivity contribution in [3.8, 4) is 0 Å². The Morgan fingerprint density at radius 1 is 1.14 bits per heavy atom. The smallest absolute Gasteiger partial charge is 0.250 e. The van der Waals surface area contributed by atoms with Gasteiger partial charge in [-0.05, 0) is 49.9 Å². The number of sulfonamides is 1. The lowest BCUT2D eigenvalue weighted by Crippen LogP contribution is -2.26. The summed E-state index contributed by atoms with van der Waals surface area (Å²) < 4.78 is 27.5. The van der Waals surface area contributed by atoms with E-state index in [1.807, 2.05) is 6.07 Å². The van der Waals surface area contributed by atoms with Crippen molar-refractivity contribution in [2.45, 2.75) is 51.2 Å². The van der Waals surface area contributed by atoms with Gasteiger partial charge in [0.15, 0.2) is 0 Å². The van der Waals surface area contributed by atoms with E-state index in [0.717, 1.165) is 37.2 Å². The number of thiophene rings is 1. The molecule has 0 atom stereocenters. The molecule has 0 saturated heterocycles. The zero-order valence-electron chi connectivity index (χ0n) is 13.5. The van der Waals surface area contributed by atoms with Crippen LogP contribution >= 0.6 is 11.3 Å². The van der Waals surface area contributed by atoms with Gasteiger partial charge in [-0.3, -0.25) is 0 Å². The molecule has 1 aromatic rings. The van der Waals surface area contributed by atoms with Gasteiger partial charge in [-0.1, -0.05) is 27.7 Å². The summed E-state index contributed by atoms with van der Waals surface area (Å²) in [4.78, 5) is 1.11. The highest BCUT2D eigenvalue weighted by molar-refractivity contribution is 7.91. The molecule has 122 valence electrons. The first-order chi connectivity index (χ1) is 9.74. The molecule has 2 N–H and O–H groups in total. The van der Waals surface area contributed by atoms with E-state index < -0.39 is 10.0 Å². The van der Waals surface area contributed by atoms with Crippen LogP contribution in [0.15, 0.2) is 16.3 Å². The number of hydrogen-bond donors (Lipinski definition) is 2. The monoisotopic (exact) mass is 332 g/mol. The molecule has 0 unspecified atom stereocenters. The van der Waals surface area contributed by atoms with Crippen LogP contribution in [-0.2, 0) is 16.4 Å². The SMILES string of the molecule is CCCNCCc1ccc(S(=O)(=O)NCCC(C)(C)C)s1. The minimum atomic E-state index is -3.35. The van der Waals surface area contributed by atoms with Crippen LogP contribution in [0.1, 0.15) is 45.4 Å². The average Bonchev–Trinajstić information content (AvgIpc) is 2.82. The van der Waals surface area contributed by atoms with Gasteiger partial charge in [0, 0.05) is 11.4 Å². The van der Waals surface area contributed by atoms with Crippen molar-refractivity contribution < 1.29 is 8.42 Å². The highest BCUT2D eigenvalue weighted by Crippen LogP contribution is 2.22. The molecule has 0 radical (unpaired) electrons. The fraction of sp³-hybridized carbons (Fsp3) is 0.733. The second-order valence-electron chi connectivity index (χ2n) is 6.43. The predicted octanol–water partition coefficient (Wildman–Crippen LogP) is 3.00. The Morgan fingerprint density at radius 2 is 1.86 bits per heavy atom. The van der Waals surface area contributed by atoms with E-state index in [4.69, 9.17) is 0 Å². The third kappa shape index (κ3) is 7.40. The molecule has 0 aliphatic rings. The van der Waals surface area contributed by atoms with Gasteiger partial charge in [0.1, 0.15) is 4.21 Å². The highest BCUT2D eigenvalue weighted by atomic mass is 32.2. The molecular formula is C15H28N2O2S2. The number of nitrogens with one attached hydrogen (secondary N) is 2. The van der Waals surface area contributed by atoms with E-state index in [9.17, 15) is 8.42 Å². The van der Waals surface area contributed by atoms with Crippen LogP contribution in [0.4, 0.5) is 0 Å². The largest absolute Gasteiger partial charge is 0.316 e. The van der Waals surface area contributed by atoms with Gasteiger partial charge in [-0.2, -0.15) is 0 Å². The molecule has 1 rings (SSSR count). The van der Waals surface area contributed by atoms with Gasteiger partial charge in [0.2, 0.25) is 10.0 Å². The Kier molecular flexibility index (Phi) is 7.33. The van der Waals surface area contributed by atoms with Gasteiger partial charge in [-0.25, -0.2) is 13.1 Å². The maximum absolute atomic E-state index is 12.2. The summed E-state index contributed by atoms with van der Waals surface area (Å²) in [6, 6.07) is 3.62. The molecule has 0 spiro atoms. The zero-order valence-corrected chi connectivity index (χ0v) is 15.2. The molecule has 0 amide bonds. The molecule has 0 bridgehead atoms. The first-order valence-electron chi connectivity index (χ1n) is 7.54. The lowest BCUT2D eigenvalue weighted by molar-refractivity contribution is 0.378. The normalized spacial score (nSPS) is 12.8. The molecule has 0 aliphatic heterocycles. The van der Waals surface area contributed by atoms with Crippen LogP contribution in [0, 0.1) is 5.41 Å². The van der Waals surface area contributed by atoms with Crippen molar-refractivity contribution in [3.05, 3.63) is 17.0 Å². The third-order valence-corrected chi connectivity index (χ3v) is 6.14. The van der Waals surface area contributed by atoms with Crippen LogP contribution in [0.5, 0.6) is 0 Å². The second kappa shape index (κ2) is 8.27. The second-order valence-corrected chi connectivity index (χ2v) is 9.59. The highest BCUT2D eigenvalue weighted by Gasteiger charge is 2.18. The first-order valence-corrected chi connectivity index (χ1v) is 9.84. The number of hydrogen-bond acceptors (Lipinski definition) is 4. The molecule has 21 heavy (non-hydrogen) atoms. The Labute approximate surface area is 133 Å². The Morgan fingerprint density at radius 3 is 2.48 bits per heavy atom. The van der Waals surface area contributed by atoms with Crippen molar-refractivity contribution >= 4 is 21.4 Å². The van der Waals surface area contributed by atoms with Crippen LogP contribution in [0.2, 0.25) is 0 Å². The fourth-order valence-electron chi connectivity index (χ4n) is 1.78. The summed E-state index contributed by atoms with van der Waals surface area (Å²) in [6.45, 7) is 10.8. The Balaban J connectivity index is 2.50. The van der Waals surface area contributed by atoms with Crippen LogP contribution in [0.25, 0.3) is 0 Å². The molecule has 6 heteroatoms. The summed E-state index contributed by atoms with van der Waals surface area (Å²) in [6.07, 6.45) is 2.81. The molecule has 4 nitrogen and oxygen atoms in total. The number of rotatable bonds is 9. The van der Waals surface area contributed by atoms with Gasteiger partial charge in [0.25, 0.3) is 0 Å². The van der Waals surface area contributed by atoms with Crippen LogP contribution in [0.3, 0.4) is 0 Å². The minimum absolute atomic E-state index is 0.133. The maximum atomic E-state index is 12.2. The molecule has 1 heterocycles. The summed E-state index contributed by atoms with van der Waals surface area (Å²) >= 11 is 1.37. The van der Waals surface area contributed by atoms with E-state index in [1.165, 1.54) is 11.3 Å². The van der Waals surface area contributed by atoms with Crippen LogP contribution in [-0.4, -0.2) is 28.1 Å². The molecule has 0 aromatic carbocycles. The molecule has 0 aliphatic carbocycles. The summed E-state index contributed by atoms with van der Waals surface area (Å²) in [5.41, 5.74) is 0.133. The van der Waals surface area contributed by atoms with Gasteiger partial charge >= 0.3 is 0 Å². The summed E-state index contributed by atoms with van der Waals surface area (Å²) in [5, 5.41) is 3.32. The lowest BCUT2D eigenvalue weighted by Gasteiger charge is -2.17. The maximum Gasteiger partial charge on any atom is 0.250 e. The third-order valence-electron chi connectivity index (χ3n) is 3.04. The van der Waals surface area contributed by atoms with Crippen molar-refractivity contribution in [2.24, 2.45) is 5.41 Å². The average molecular weight is 333 g/mol. The van der Waals surface area contributed by atoms with Crippen molar-refractivity contribution in [2.75, 3.05) is 19.6 Å². The lowest BCUT2D eigenvalue weighted by atomic mass is 9.93. The summed E-state index contributed by atoms with van der Waals surface area (Å²) in [7, 11) is -3.35. The summed E-state index contributed by atoms with van der Waals surface area (Å²) in [5.74, 6) is 0.